The molecule has 0 spiro atoms. The number of para-hydroxylation sites is 2. The summed E-state index contributed by atoms with van der Waals surface area (Å²) in [6.45, 7) is 5.76. The molecule has 4 nitrogen and oxygen atoms in total. The molecule has 0 saturated carbocycles. The van der Waals surface area contributed by atoms with E-state index in [2.05, 4.69) is 39.9 Å². The number of hydrogen-bond acceptors (Lipinski definition) is 3. The second-order valence-corrected chi connectivity index (χ2v) is 8.42. The average Bonchev–Trinajstić information content (AvgIpc) is 3.36. The van der Waals surface area contributed by atoms with E-state index in [4.69, 9.17) is 10.8 Å². The molecule has 0 aliphatic carbocycles. The molecule has 0 bridgehead atoms. The highest BCUT2D eigenvalue weighted by Gasteiger charge is 2.20. The van der Waals surface area contributed by atoms with Gasteiger partial charge in [-0.05, 0) is 48.7 Å². The molecule has 0 amide bonds. The van der Waals surface area contributed by atoms with Crippen LogP contribution in [0.2, 0.25) is 0 Å². The van der Waals surface area contributed by atoms with E-state index in [1.54, 1.807) is 0 Å². The standard InChI is InChI=1S/C28H23N3O/c1-17(2)19-12-13-21-22-10-7-11-23(27(22)32-26(21)15-19)28-30-24-14-18(3)29-16-25(24)31(28)20-8-5-4-6-9-20/h4-17H,1-3H3/i17D. The number of pyridine rings is 1. The lowest BCUT2D eigenvalue weighted by Gasteiger charge is -2.09. The highest BCUT2D eigenvalue weighted by atomic mass is 16.3. The molecule has 0 N–H and O–H groups in total. The molecular formula is C28H23N3O. The van der Waals surface area contributed by atoms with Crippen molar-refractivity contribution in [3.63, 3.8) is 0 Å². The van der Waals surface area contributed by atoms with Gasteiger partial charge in [-0.15, -0.1) is 0 Å². The topological polar surface area (TPSA) is 43.9 Å². The summed E-state index contributed by atoms with van der Waals surface area (Å²) in [7, 11) is 0. The zero-order valence-electron chi connectivity index (χ0n) is 19.3. The van der Waals surface area contributed by atoms with Crippen molar-refractivity contribution in [2.24, 2.45) is 0 Å². The van der Waals surface area contributed by atoms with Crippen molar-refractivity contribution in [1.29, 1.82) is 0 Å². The molecule has 0 unspecified atom stereocenters. The minimum atomic E-state index is -0.692. The van der Waals surface area contributed by atoms with Gasteiger partial charge in [-0.1, -0.05) is 56.3 Å². The van der Waals surface area contributed by atoms with E-state index in [0.29, 0.717) is 0 Å². The number of furan rings is 1. The van der Waals surface area contributed by atoms with Crippen molar-refractivity contribution in [1.82, 2.24) is 14.5 Å². The summed E-state index contributed by atoms with van der Waals surface area (Å²) in [5.41, 5.74) is 7.23. The Bertz CT molecular complexity index is 1660. The van der Waals surface area contributed by atoms with Crippen LogP contribution in [0.5, 0.6) is 0 Å². The monoisotopic (exact) mass is 418 g/mol. The third-order valence-electron chi connectivity index (χ3n) is 6.01. The van der Waals surface area contributed by atoms with Gasteiger partial charge in [-0.2, -0.15) is 0 Å². The van der Waals surface area contributed by atoms with Crippen molar-refractivity contribution in [3.05, 3.63) is 90.3 Å². The Hall–Kier alpha value is -3.92. The first-order valence-corrected chi connectivity index (χ1v) is 10.8. The van der Waals surface area contributed by atoms with Crippen LogP contribution >= 0.6 is 0 Å². The summed E-state index contributed by atoms with van der Waals surface area (Å²) in [5, 5.41) is 2.08. The van der Waals surface area contributed by atoms with E-state index in [1.165, 1.54) is 0 Å². The second-order valence-electron chi connectivity index (χ2n) is 8.42. The normalized spacial score (nSPS) is 12.7. The lowest BCUT2D eigenvalue weighted by atomic mass is 10.0. The number of imidazole rings is 1. The van der Waals surface area contributed by atoms with Crippen LogP contribution in [0.4, 0.5) is 0 Å². The smallest absolute Gasteiger partial charge is 0.149 e. The zero-order valence-corrected chi connectivity index (χ0v) is 18.3. The Morgan fingerprint density at radius 1 is 0.938 bits per heavy atom. The fourth-order valence-electron chi connectivity index (χ4n) is 4.38. The van der Waals surface area contributed by atoms with Crippen molar-refractivity contribution in [3.8, 4) is 17.1 Å². The van der Waals surface area contributed by atoms with Gasteiger partial charge in [0, 0.05) is 23.5 Å². The Kier molecular flexibility index (Phi) is 3.91. The molecule has 0 radical (unpaired) electrons. The summed E-state index contributed by atoms with van der Waals surface area (Å²) in [6.07, 6.45) is 1.88. The minimum Gasteiger partial charge on any atom is -0.455 e. The Morgan fingerprint density at radius 2 is 1.78 bits per heavy atom. The lowest BCUT2D eigenvalue weighted by molar-refractivity contribution is 0.667. The molecule has 6 aromatic rings. The summed E-state index contributed by atoms with van der Waals surface area (Å²) in [6, 6.07) is 24.5. The van der Waals surface area contributed by atoms with Crippen molar-refractivity contribution < 1.29 is 5.79 Å². The average molecular weight is 419 g/mol. The van der Waals surface area contributed by atoms with Crippen LogP contribution in [0.1, 0.15) is 32.4 Å². The summed E-state index contributed by atoms with van der Waals surface area (Å²) in [4.78, 5) is 9.56. The first-order valence-electron chi connectivity index (χ1n) is 11.3. The van der Waals surface area contributed by atoms with Crippen LogP contribution in [0.15, 0.2) is 83.4 Å². The van der Waals surface area contributed by atoms with Gasteiger partial charge in [0.05, 0.1) is 22.8 Å². The van der Waals surface area contributed by atoms with Gasteiger partial charge in [0.15, 0.2) is 0 Å². The van der Waals surface area contributed by atoms with Crippen molar-refractivity contribution >= 4 is 33.0 Å². The molecule has 0 aliphatic rings. The van der Waals surface area contributed by atoms with Gasteiger partial charge in [0.25, 0.3) is 0 Å². The van der Waals surface area contributed by atoms with Crippen LogP contribution < -0.4 is 0 Å². The van der Waals surface area contributed by atoms with E-state index < -0.39 is 5.89 Å². The van der Waals surface area contributed by atoms with E-state index in [0.717, 1.165) is 61.3 Å². The van der Waals surface area contributed by atoms with Crippen molar-refractivity contribution in [2.45, 2.75) is 26.7 Å². The molecule has 6 rings (SSSR count). The van der Waals surface area contributed by atoms with Crippen LogP contribution in [0.3, 0.4) is 0 Å². The third kappa shape index (κ3) is 2.83. The largest absolute Gasteiger partial charge is 0.455 e. The fraction of sp³-hybridized carbons (Fsp3) is 0.143. The molecular weight excluding hydrogens is 394 g/mol. The predicted molar refractivity (Wildman–Crippen MR) is 130 cm³/mol. The zero-order chi connectivity index (χ0) is 22.7. The van der Waals surface area contributed by atoms with Gasteiger partial charge in [-0.25, -0.2) is 4.98 Å². The van der Waals surface area contributed by atoms with Crippen molar-refractivity contribution in [2.75, 3.05) is 0 Å². The maximum absolute atomic E-state index is 8.40. The quantitative estimate of drug-likeness (QED) is 0.300. The molecule has 0 aliphatic heterocycles. The van der Waals surface area contributed by atoms with E-state index in [9.17, 15) is 0 Å². The minimum absolute atomic E-state index is 0.692. The summed E-state index contributed by atoms with van der Waals surface area (Å²) >= 11 is 0. The lowest BCUT2D eigenvalue weighted by Crippen LogP contribution is -1.97. The molecule has 3 heterocycles. The highest BCUT2D eigenvalue weighted by molar-refractivity contribution is 6.09. The predicted octanol–water partition coefficient (Wildman–Crippen LogP) is 7.42. The molecule has 0 fully saturated rings. The van der Waals surface area contributed by atoms with Gasteiger partial charge >= 0.3 is 0 Å². The Labute approximate surface area is 187 Å². The highest BCUT2D eigenvalue weighted by Crippen LogP contribution is 2.38. The third-order valence-corrected chi connectivity index (χ3v) is 6.01. The molecule has 3 aromatic carbocycles. The van der Waals surface area contributed by atoms with Gasteiger partial charge in [-0.3, -0.25) is 9.55 Å². The number of rotatable bonds is 3. The molecule has 3 aromatic heterocycles. The summed E-state index contributed by atoms with van der Waals surface area (Å²) in [5.74, 6) is 0.122. The number of aryl methyl sites for hydroxylation is 1. The van der Waals surface area contributed by atoms with Gasteiger partial charge in [0.2, 0.25) is 0 Å². The molecule has 0 saturated heterocycles. The first kappa shape index (κ1) is 17.7. The fourth-order valence-corrected chi connectivity index (χ4v) is 4.38. The molecule has 4 heteroatoms. The molecule has 156 valence electrons. The maximum Gasteiger partial charge on any atom is 0.149 e. The summed E-state index contributed by atoms with van der Waals surface area (Å²) < 4.78 is 17.0. The number of fused-ring (bicyclic) bond motifs is 4. The SMILES string of the molecule is [2H]C(C)(C)c1ccc2c(c1)oc1c(-c3nc4cc(C)ncc4n3-c3ccccc3)cccc12. The maximum atomic E-state index is 8.40. The van der Waals surface area contributed by atoms with Gasteiger partial charge in [0.1, 0.15) is 17.0 Å². The Morgan fingerprint density at radius 3 is 2.59 bits per heavy atom. The number of benzene rings is 3. The number of aromatic nitrogens is 3. The van der Waals surface area contributed by atoms with E-state index >= 15 is 0 Å². The van der Waals surface area contributed by atoms with Gasteiger partial charge < -0.3 is 4.42 Å². The van der Waals surface area contributed by atoms with Crippen LogP contribution in [-0.4, -0.2) is 14.5 Å². The van der Waals surface area contributed by atoms with E-state index in [-0.39, 0.29) is 0 Å². The van der Waals surface area contributed by atoms with Crippen LogP contribution in [-0.2, 0) is 0 Å². The first-order chi connectivity index (χ1) is 15.9. The number of nitrogens with zero attached hydrogens (tertiary/aromatic N) is 3. The molecule has 32 heavy (non-hydrogen) atoms. The van der Waals surface area contributed by atoms with Crippen LogP contribution in [0, 0.1) is 6.92 Å². The van der Waals surface area contributed by atoms with Crippen LogP contribution in [0.25, 0.3) is 50.0 Å². The van der Waals surface area contributed by atoms with E-state index in [1.807, 2.05) is 69.4 Å². The number of hydrogen-bond donors (Lipinski definition) is 0. The Balaban J connectivity index is 1.68. The second kappa shape index (κ2) is 7.06. The molecule has 0 atom stereocenters.